The first kappa shape index (κ1) is 15.7. The first-order valence-corrected chi connectivity index (χ1v) is 7.29. The SMILES string of the molecule is Cc1cnccc1CNC(=O)N1CCCC(O)(CO)CC1. The molecule has 1 aromatic heterocycles. The average Bonchev–Trinajstić information content (AvgIpc) is 2.69. The summed E-state index contributed by atoms with van der Waals surface area (Å²) in [5.41, 5.74) is 1.04. The number of pyridine rings is 1. The van der Waals surface area contributed by atoms with Crippen LogP contribution < -0.4 is 5.32 Å². The van der Waals surface area contributed by atoms with Crippen molar-refractivity contribution in [1.82, 2.24) is 15.2 Å². The molecule has 116 valence electrons. The van der Waals surface area contributed by atoms with E-state index < -0.39 is 5.60 Å². The topological polar surface area (TPSA) is 85.7 Å². The molecule has 2 heterocycles. The van der Waals surface area contributed by atoms with Crippen molar-refractivity contribution in [3.05, 3.63) is 29.6 Å². The van der Waals surface area contributed by atoms with Gasteiger partial charge in [-0.2, -0.15) is 0 Å². The number of aliphatic hydroxyl groups is 2. The van der Waals surface area contributed by atoms with Crippen LogP contribution in [0.3, 0.4) is 0 Å². The number of aromatic nitrogens is 1. The van der Waals surface area contributed by atoms with E-state index in [2.05, 4.69) is 10.3 Å². The highest BCUT2D eigenvalue weighted by Gasteiger charge is 2.30. The highest BCUT2D eigenvalue weighted by molar-refractivity contribution is 5.74. The smallest absolute Gasteiger partial charge is 0.317 e. The van der Waals surface area contributed by atoms with E-state index in [9.17, 15) is 15.0 Å². The lowest BCUT2D eigenvalue weighted by Crippen LogP contribution is -2.41. The Morgan fingerprint density at radius 3 is 3.00 bits per heavy atom. The van der Waals surface area contributed by atoms with Gasteiger partial charge >= 0.3 is 6.03 Å². The van der Waals surface area contributed by atoms with Crippen molar-refractivity contribution in [3.63, 3.8) is 0 Å². The highest BCUT2D eigenvalue weighted by atomic mass is 16.3. The van der Waals surface area contributed by atoms with E-state index in [4.69, 9.17) is 0 Å². The lowest BCUT2D eigenvalue weighted by molar-refractivity contribution is -0.0248. The predicted octanol–water partition coefficient (Wildman–Crippen LogP) is 0.809. The van der Waals surface area contributed by atoms with Crippen LogP contribution in [-0.4, -0.2) is 51.4 Å². The quantitative estimate of drug-likeness (QED) is 0.770. The van der Waals surface area contributed by atoms with Crippen LogP contribution in [-0.2, 0) is 6.54 Å². The number of amides is 2. The zero-order valence-corrected chi connectivity index (χ0v) is 12.4. The van der Waals surface area contributed by atoms with Gasteiger partial charge in [0.1, 0.15) is 0 Å². The summed E-state index contributed by atoms with van der Waals surface area (Å²) in [6.45, 7) is 3.23. The minimum absolute atomic E-state index is 0.131. The van der Waals surface area contributed by atoms with Gasteiger partial charge in [-0.25, -0.2) is 4.79 Å². The number of aliphatic hydroxyl groups excluding tert-OH is 1. The van der Waals surface area contributed by atoms with Crippen molar-refractivity contribution in [2.45, 2.75) is 38.3 Å². The second-order valence-electron chi connectivity index (χ2n) is 5.68. The normalized spacial score (nSPS) is 22.7. The number of hydrogen-bond acceptors (Lipinski definition) is 4. The van der Waals surface area contributed by atoms with Crippen LogP contribution in [0, 0.1) is 6.92 Å². The Hall–Kier alpha value is -1.66. The molecule has 1 unspecified atom stereocenters. The maximum atomic E-state index is 12.2. The number of aryl methyl sites for hydroxylation is 1. The fourth-order valence-corrected chi connectivity index (χ4v) is 2.52. The third kappa shape index (κ3) is 4.15. The summed E-state index contributed by atoms with van der Waals surface area (Å²) in [5.74, 6) is 0. The van der Waals surface area contributed by atoms with Gasteiger partial charge < -0.3 is 20.4 Å². The Bertz CT molecular complexity index is 495. The molecule has 21 heavy (non-hydrogen) atoms. The third-order valence-corrected chi connectivity index (χ3v) is 4.07. The Labute approximate surface area is 124 Å². The van der Waals surface area contributed by atoms with Crippen LogP contribution in [0.5, 0.6) is 0 Å². The first-order valence-electron chi connectivity index (χ1n) is 7.29. The molecule has 3 N–H and O–H groups in total. The molecule has 2 amide bonds. The first-order chi connectivity index (χ1) is 10.0. The van der Waals surface area contributed by atoms with Crippen molar-refractivity contribution in [3.8, 4) is 0 Å². The predicted molar refractivity (Wildman–Crippen MR) is 78.7 cm³/mol. The van der Waals surface area contributed by atoms with Crippen molar-refractivity contribution in [2.24, 2.45) is 0 Å². The fourth-order valence-electron chi connectivity index (χ4n) is 2.52. The van der Waals surface area contributed by atoms with E-state index in [1.807, 2.05) is 13.0 Å². The maximum absolute atomic E-state index is 12.2. The van der Waals surface area contributed by atoms with Crippen LogP contribution in [0.15, 0.2) is 18.5 Å². The monoisotopic (exact) mass is 293 g/mol. The van der Waals surface area contributed by atoms with Crippen LogP contribution in [0.2, 0.25) is 0 Å². The summed E-state index contributed by atoms with van der Waals surface area (Å²) in [5, 5.41) is 22.2. The van der Waals surface area contributed by atoms with Crippen molar-refractivity contribution >= 4 is 6.03 Å². The number of rotatable bonds is 3. The van der Waals surface area contributed by atoms with Gasteiger partial charge in [-0.15, -0.1) is 0 Å². The molecule has 1 aliphatic rings. The molecular formula is C15H23N3O3. The van der Waals surface area contributed by atoms with Gasteiger partial charge in [-0.3, -0.25) is 4.98 Å². The van der Waals surface area contributed by atoms with Crippen molar-refractivity contribution < 1.29 is 15.0 Å². The Balaban J connectivity index is 1.88. The zero-order valence-electron chi connectivity index (χ0n) is 12.4. The number of urea groups is 1. The molecule has 1 fully saturated rings. The second-order valence-corrected chi connectivity index (χ2v) is 5.68. The summed E-state index contributed by atoms with van der Waals surface area (Å²) < 4.78 is 0. The van der Waals surface area contributed by atoms with E-state index in [1.54, 1.807) is 17.3 Å². The van der Waals surface area contributed by atoms with Crippen LogP contribution in [0.25, 0.3) is 0 Å². The molecule has 0 aromatic carbocycles. The molecule has 0 saturated carbocycles. The molecule has 1 atom stereocenters. The summed E-state index contributed by atoms with van der Waals surface area (Å²) in [4.78, 5) is 17.9. The van der Waals surface area contributed by atoms with Gasteiger partial charge in [0.15, 0.2) is 0 Å². The standard InChI is InChI=1S/C15H23N3O3/c1-12-9-16-6-3-13(12)10-17-14(20)18-7-2-4-15(21,11-19)5-8-18/h3,6,9,19,21H,2,4-5,7-8,10-11H2,1H3,(H,17,20). The van der Waals surface area contributed by atoms with E-state index in [0.29, 0.717) is 38.9 Å². The molecule has 1 aromatic rings. The number of nitrogens with one attached hydrogen (secondary N) is 1. The maximum Gasteiger partial charge on any atom is 0.317 e. The number of carbonyl (C=O) groups excluding carboxylic acids is 1. The highest BCUT2D eigenvalue weighted by Crippen LogP contribution is 2.21. The molecule has 1 aliphatic heterocycles. The minimum atomic E-state index is -1.04. The van der Waals surface area contributed by atoms with Gasteiger partial charge in [0.25, 0.3) is 0 Å². The van der Waals surface area contributed by atoms with Crippen LogP contribution in [0.4, 0.5) is 4.79 Å². The van der Waals surface area contributed by atoms with Crippen molar-refractivity contribution in [2.75, 3.05) is 19.7 Å². The Morgan fingerprint density at radius 2 is 2.29 bits per heavy atom. The lowest BCUT2D eigenvalue weighted by atomic mass is 9.96. The van der Waals surface area contributed by atoms with E-state index in [0.717, 1.165) is 11.1 Å². The average molecular weight is 293 g/mol. The van der Waals surface area contributed by atoms with Gasteiger partial charge in [-0.05, 0) is 43.4 Å². The Morgan fingerprint density at radius 1 is 1.48 bits per heavy atom. The fraction of sp³-hybridized carbons (Fsp3) is 0.600. The molecule has 2 rings (SSSR count). The molecule has 0 bridgehead atoms. The van der Waals surface area contributed by atoms with Gasteiger partial charge in [0, 0.05) is 32.0 Å². The molecule has 0 aliphatic carbocycles. The number of likely N-dealkylation sites (tertiary alicyclic amines) is 1. The lowest BCUT2D eigenvalue weighted by Gasteiger charge is -2.24. The Kier molecular flexibility index (Phi) is 5.14. The number of carbonyl (C=O) groups is 1. The zero-order chi connectivity index (χ0) is 15.3. The second kappa shape index (κ2) is 6.87. The summed E-state index contributed by atoms with van der Waals surface area (Å²) in [7, 11) is 0. The van der Waals surface area contributed by atoms with E-state index in [-0.39, 0.29) is 12.6 Å². The molecule has 6 nitrogen and oxygen atoms in total. The summed E-state index contributed by atoms with van der Waals surface area (Å²) in [6.07, 6.45) is 5.11. The molecule has 1 saturated heterocycles. The van der Waals surface area contributed by atoms with Gasteiger partial charge in [0.2, 0.25) is 0 Å². The van der Waals surface area contributed by atoms with E-state index >= 15 is 0 Å². The largest absolute Gasteiger partial charge is 0.393 e. The molecular weight excluding hydrogens is 270 g/mol. The number of hydrogen-bond donors (Lipinski definition) is 3. The van der Waals surface area contributed by atoms with Gasteiger partial charge in [0.05, 0.1) is 12.2 Å². The van der Waals surface area contributed by atoms with Crippen LogP contribution >= 0.6 is 0 Å². The third-order valence-electron chi connectivity index (χ3n) is 4.07. The van der Waals surface area contributed by atoms with E-state index in [1.165, 1.54) is 0 Å². The molecule has 0 spiro atoms. The van der Waals surface area contributed by atoms with Crippen LogP contribution in [0.1, 0.15) is 30.4 Å². The summed E-state index contributed by atoms with van der Waals surface area (Å²) in [6, 6.07) is 1.76. The molecule has 0 radical (unpaired) electrons. The number of nitrogens with zero attached hydrogens (tertiary/aromatic N) is 2. The molecule has 6 heteroatoms. The summed E-state index contributed by atoms with van der Waals surface area (Å²) >= 11 is 0. The minimum Gasteiger partial charge on any atom is -0.393 e. The van der Waals surface area contributed by atoms with Gasteiger partial charge in [-0.1, -0.05) is 0 Å². The van der Waals surface area contributed by atoms with Crippen molar-refractivity contribution in [1.29, 1.82) is 0 Å².